The first-order valence-electron chi connectivity index (χ1n) is 10.7. The van der Waals surface area contributed by atoms with Crippen molar-refractivity contribution < 1.29 is 14.1 Å². The number of hydrogen-bond donors (Lipinski definition) is 3. The molecule has 0 aliphatic heterocycles. The lowest BCUT2D eigenvalue weighted by Crippen LogP contribution is -2.38. The zero-order valence-corrected chi connectivity index (χ0v) is 19.5. The van der Waals surface area contributed by atoms with E-state index in [0.29, 0.717) is 12.2 Å². The number of amides is 1. The van der Waals surface area contributed by atoms with E-state index in [0.717, 1.165) is 54.5 Å². The molecule has 0 saturated heterocycles. The van der Waals surface area contributed by atoms with Gasteiger partial charge in [-0.3, -0.25) is 10.3 Å². The number of aliphatic imine (C=N–C) groups is 1. The molecule has 8 nitrogen and oxygen atoms in total. The fourth-order valence-corrected chi connectivity index (χ4v) is 2.98. The average Bonchev–Trinajstić information content (AvgIpc) is 3.00. The summed E-state index contributed by atoms with van der Waals surface area (Å²) in [4.78, 5) is 16.5. The van der Waals surface area contributed by atoms with Crippen LogP contribution in [0.25, 0.3) is 0 Å². The zero-order chi connectivity index (χ0) is 22.9. The third kappa shape index (κ3) is 8.70. The van der Waals surface area contributed by atoms with Gasteiger partial charge in [0.15, 0.2) is 5.96 Å². The lowest BCUT2D eigenvalue weighted by Gasteiger charge is -2.19. The van der Waals surface area contributed by atoms with Crippen molar-refractivity contribution in [3.8, 4) is 0 Å². The predicted molar refractivity (Wildman–Crippen MR) is 124 cm³/mol. The van der Waals surface area contributed by atoms with E-state index in [1.807, 2.05) is 65.8 Å². The molecule has 0 bridgehead atoms. The first kappa shape index (κ1) is 24.2. The molecule has 0 saturated carbocycles. The van der Waals surface area contributed by atoms with Crippen LogP contribution in [0.15, 0.2) is 33.8 Å². The number of carbonyl (C=O) groups is 1. The van der Waals surface area contributed by atoms with Crippen LogP contribution in [0, 0.1) is 13.8 Å². The van der Waals surface area contributed by atoms with Crippen LogP contribution in [-0.4, -0.2) is 42.4 Å². The Morgan fingerprint density at radius 3 is 2.42 bits per heavy atom. The summed E-state index contributed by atoms with van der Waals surface area (Å²) in [5.74, 6) is 1.65. The molecule has 0 fully saturated rings. The average molecular weight is 430 g/mol. The molecule has 1 aromatic heterocycles. The molecule has 0 radical (unpaired) electrons. The number of benzene rings is 1. The third-order valence-corrected chi connectivity index (χ3v) is 4.46. The lowest BCUT2D eigenvalue weighted by atomic mass is 10.1. The van der Waals surface area contributed by atoms with Crippen LogP contribution < -0.4 is 16.0 Å². The molecule has 1 amide bonds. The van der Waals surface area contributed by atoms with Crippen LogP contribution in [0.2, 0.25) is 0 Å². The van der Waals surface area contributed by atoms with Gasteiger partial charge in [0, 0.05) is 30.9 Å². The van der Waals surface area contributed by atoms with Crippen LogP contribution >= 0.6 is 0 Å². The number of ether oxygens (including phenoxy) is 1. The molecule has 0 aliphatic rings. The van der Waals surface area contributed by atoms with E-state index in [9.17, 15) is 4.79 Å². The summed E-state index contributed by atoms with van der Waals surface area (Å²) in [5, 5.41) is 13.4. The van der Waals surface area contributed by atoms with Crippen molar-refractivity contribution in [2.75, 3.05) is 25.0 Å². The van der Waals surface area contributed by atoms with Gasteiger partial charge >= 0.3 is 6.09 Å². The molecule has 31 heavy (non-hydrogen) atoms. The second-order valence-electron chi connectivity index (χ2n) is 8.31. The molecule has 1 aromatic carbocycles. The van der Waals surface area contributed by atoms with E-state index in [-0.39, 0.29) is 0 Å². The van der Waals surface area contributed by atoms with Crippen LogP contribution in [0.5, 0.6) is 0 Å². The molecule has 2 rings (SSSR count). The summed E-state index contributed by atoms with van der Waals surface area (Å²) >= 11 is 0. The Labute approximate surface area is 184 Å². The molecular formula is C23H35N5O3. The first-order chi connectivity index (χ1) is 14.7. The van der Waals surface area contributed by atoms with Gasteiger partial charge < -0.3 is 19.9 Å². The van der Waals surface area contributed by atoms with E-state index < -0.39 is 11.7 Å². The SMILES string of the molecule is CCNC(=NCCc1c(C)noc1C)NCCc1ccc(NC(=O)OC(C)(C)C)cc1. The fourth-order valence-electron chi connectivity index (χ4n) is 2.98. The number of nitrogens with one attached hydrogen (secondary N) is 3. The Morgan fingerprint density at radius 2 is 1.84 bits per heavy atom. The minimum atomic E-state index is -0.519. The molecule has 0 aliphatic carbocycles. The molecule has 0 spiro atoms. The van der Waals surface area contributed by atoms with Crippen LogP contribution in [0.3, 0.4) is 0 Å². The highest BCUT2D eigenvalue weighted by Gasteiger charge is 2.16. The van der Waals surface area contributed by atoms with Crippen molar-refractivity contribution in [2.45, 2.75) is 60.0 Å². The maximum atomic E-state index is 11.8. The number of aryl methyl sites for hydroxylation is 2. The highest BCUT2D eigenvalue weighted by molar-refractivity contribution is 5.84. The quantitative estimate of drug-likeness (QED) is 0.433. The molecule has 170 valence electrons. The van der Waals surface area contributed by atoms with Gasteiger partial charge in [0.2, 0.25) is 0 Å². The second kappa shape index (κ2) is 11.4. The number of nitrogens with zero attached hydrogens (tertiary/aromatic N) is 2. The maximum Gasteiger partial charge on any atom is 0.412 e. The van der Waals surface area contributed by atoms with E-state index in [1.54, 1.807) is 0 Å². The summed E-state index contributed by atoms with van der Waals surface area (Å²) < 4.78 is 10.5. The van der Waals surface area contributed by atoms with E-state index in [4.69, 9.17) is 9.26 Å². The molecule has 0 unspecified atom stereocenters. The van der Waals surface area contributed by atoms with Gasteiger partial charge in [-0.05, 0) is 72.1 Å². The Balaban J connectivity index is 1.80. The number of hydrogen-bond acceptors (Lipinski definition) is 5. The summed E-state index contributed by atoms with van der Waals surface area (Å²) in [5.41, 5.74) is 3.40. The topological polar surface area (TPSA) is 101 Å². The molecule has 2 aromatic rings. The fraction of sp³-hybridized carbons (Fsp3) is 0.522. The van der Waals surface area contributed by atoms with Crippen molar-refractivity contribution in [2.24, 2.45) is 4.99 Å². The molecule has 3 N–H and O–H groups in total. The zero-order valence-electron chi connectivity index (χ0n) is 19.5. The van der Waals surface area contributed by atoms with Crippen molar-refractivity contribution in [1.82, 2.24) is 15.8 Å². The van der Waals surface area contributed by atoms with Crippen LogP contribution in [0.1, 0.15) is 50.3 Å². The molecule has 8 heteroatoms. The van der Waals surface area contributed by atoms with Crippen molar-refractivity contribution in [1.29, 1.82) is 0 Å². The monoisotopic (exact) mass is 429 g/mol. The molecular weight excluding hydrogens is 394 g/mol. The summed E-state index contributed by atoms with van der Waals surface area (Å²) in [6.45, 7) is 13.6. The Kier molecular flexibility index (Phi) is 8.90. The number of anilines is 1. The highest BCUT2D eigenvalue weighted by atomic mass is 16.6. The lowest BCUT2D eigenvalue weighted by molar-refractivity contribution is 0.0636. The van der Waals surface area contributed by atoms with Gasteiger partial charge in [-0.25, -0.2) is 4.79 Å². The van der Waals surface area contributed by atoms with Gasteiger partial charge in [0.25, 0.3) is 0 Å². The maximum absolute atomic E-state index is 11.8. The van der Waals surface area contributed by atoms with Crippen molar-refractivity contribution in [3.63, 3.8) is 0 Å². The van der Waals surface area contributed by atoms with Crippen molar-refractivity contribution in [3.05, 3.63) is 46.8 Å². The first-order valence-corrected chi connectivity index (χ1v) is 10.7. The van der Waals surface area contributed by atoms with Gasteiger partial charge in [-0.1, -0.05) is 17.3 Å². The standard InChI is InChI=1S/C23H35N5O3/c1-7-24-21(26-15-13-20-16(2)28-31-17(20)3)25-14-12-18-8-10-19(11-9-18)27-22(29)30-23(4,5)6/h8-11H,7,12-15H2,1-6H3,(H,27,29)(H2,24,25,26). The van der Waals surface area contributed by atoms with E-state index in [1.165, 1.54) is 0 Å². The number of aromatic nitrogens is 1. The summed E-state index contributed by atoms with van der Waals surface area (Å²) in [6.07, 6.45) is 1.18. The minimum absolute atomic E-state index is 0.454. The Morgan fingerprint density at radius 1 is 1.13 bits per heavy atom. The number of guanidine groups is 1. The second-order valence-corrected chi connectivity index (χ2v) is 8.31. The Bertz CT molecular complexity index is 847. The largest absolute Gasteiger partial charge is 0.444 e. The van der Waals surface area contributed by atoms with Gasteiger partial charge in [0.1, 0.15) is 11.4 Å². The van der Waals surface area contributed by atoms with Gasteiger partial charge in [0.05, 0.1) is 5.69 Å². The molecule has 1 heterocycles. The van der Waals surface area contributed by atoms with E-state index >= 15 is 0 Å². The summed E-state index contributed by atoms with van der Waals surface area (Å²) in [7, 11) is 0. The minimum Gasteiger partial charge on any atom is -0.444 e. The molecule has 0 atom stereocenters. The highest BCUT2D eigenvalue weighted by Crippen LogP contribution is 2.14. The van der Waals surface area contributed by atoms with Gasteiger partial charge in [-0.15, -0.1) is 0 Å². The normalized spacial score (nSPS) is 11.9. The number of rotatable bonds is 8. The van der Waals surface area contributed by atoms with E-state index in [2.05, 4.69) is 26.1 Å². The van der Waals surface area contributed by atoms with Gasteiger partial charge in [-0.2, -0.15) is 0 Å². The van der Waals surface area contributed by atoms with Crippen LogP contribution in [-0.2, 0) is 17.6 Å². The van der Waals surface area contributed by atoms with Crippen LogP contribution in [0.4, 0.5) is 10.5 Å². The van der Waals surface area contributed by atoms with Crippen molar-refractivity contribution >= 4 is 17.7 Å². The predicted octanol–water partition coefficient (Wildman–Crippen LogP) is 3.98. The Hall–Kier alpha value is -3.03. The summed E-state index contributed by atoms with van der Waals surface area (Å²) in [6, 6.07) is 7.75. The third-order valence-electron chi connectivity index (χ3n) is 4.46. The smallest absolute Gasteiger partial charge is 0.412 e. The number of carbonyl (C=O) groups excluding carboxylic acids is 1.